The fourth-order valence-electron chi connectivity index (χ4n) is 2.42. The standard InChI is InChI=1S/C17H12Cl2N2O3/c18-13-6-11-12(7-14(13)19)17(24)21(16(11)23)9-15(22)20-8-10-4-2-1-3-5-10/h1-7H,8-9H2,(H,20,22). The topological polar surface area (TPSA) is 66.5 Å². The van der Waals surface area contributed by atoms with Gasteiger partial charge < -0.3 is 5.32 Å². The molecule has 24 heavy (non-hydrogen) atoms. The van der Waals surface area contributed by atoms with Crippen molar-refractivity contribution in [2.75, 3.05) is 6.54 Å². The third-order valence-electron chi connectivity index (χ3n) is 3.65. The van der Waals surface area contributed by atoms with E-state index in [-0.39, 0.29) is 27.7 Å². The number of fused-ring (bicyclic) bond motifs is 1. The first-order valence-corrected chi connectivity index (χ1v) is 7.89. The minimum absolute atomic E-state index is 0.158. The summed E-state index contributed by atoms with van der Waals surface area (Å²) in [5.74, 6) is -1.53. The molecule has 2 aromatic rings. The molecule has 5 nitrogen and oxygen atoms in total. The summed E-state index contributed by atoms with van der Waals surface area (Å²) >= 11 is 11.8. The number of nitrogens with zero attached hydrogens (tertiary/aromatic N) is 1. The van der Waals surface area contributed by atoms with Crippen LogP contribution in [0, 0.1) is 0 Å². The summed E-state index contributed by atoms with van der Waals surface area (Å²) in [7, 11) is 0. The van der Waals surface area contributed by atoms with Crippen molar-refractivity contribution in [3.63, 3.8) is 0 Å². The highest BCUT2D eigenvalue weighted by atomic mass is 35.5. The number of nitrogens with one attached hydrogen (secondary N) is 1. The van der Waals surface area contributed by atoms with Crippen LogP contribution in [-0.4, -0.2) is 29.2 Å². The Bertz CT molecular complexity index is 796. The number of hydrogen-bond acceptors (Lipinski definition) is 3. The molecule has 1 N–H and O–H groups in total. The largest absolute Gasteiger partial charge is 0.350 e. The summed E-state index contributed by atoms with van der Waals surface area (Å²) in [4.78, 5) is 37.5. The Labute approximate surface area is 148 Å². The van der Waals surface area contributed by atoms with Gasteiger partial charge in [-0.25, -0.2) is 0 Å². The Hall–Kier alpha value is -2.37. The van der Waals surface area contributed by atoms with Gasteiger partial charge in [-0.1, -0.05) is 53.5 Å². The zero-order valence-corrected chi connectivity index (χ0v) is 13.9. The smallest absolute Gasteiger partial charge is 0.262 e. The van der Waals surface area contributed by atoms with E-state index in [1.807, 2.05) is 30.3 Å². The van der Waals surface area contributed by atoms with Crippen molar-refractivity contribution in [1.29, 1.82) is 0 Å². The van der Waals surface area contributed by atoms with Gasteiger partial charge in [0.05, 0.1) is 21.2 Å². The van der Waals surface area contributed by atoms with Crippen LogP contribution in [0.15, 0.2) is 42.5 Å². The highest BCUT2D eigenvalue weighted by Gasteiger charge is 2.37. The molecular formula is C17H12Cl2N2O3. The molecular weight excluding hydrogens is 351 g/mol. The normalized spacial score (nSPS) is 13.2. The van der Waals surface area contributed by atoms with Crippen LogP contribution in [0.4, 0.5) is 0 Å². The lowest BCUT2D eigenvalue weighted by Crippen LogP contribution is -2.40. The van der Waals surface area contributed by atoms with Crippen molar-refractivity contribution >= 4 is 40.9 Å². The molecule has 1 heterocycles. The van der Waals surface area contributed by atoms with Crippen LogP contribution in [0.3, 0.4) is 0 Å². The van der Waals surface area contributed by atoms with Crippen molar-refractivity contribution in [1.82, 2.24) is 10.2 Å². The number of imide groups is 1. The van der Waals surface area contributed by atoms with Crippen LogP contribution in [0.5, 0.6) is 0 Å². The molecule has 0 bridgehead atoms. The fraction of sp³-hybridized carbons (Fsp3) is 0.118. The second-order valence-electron chi connectivity index (χ2n) is 5.27. The van der Waals surface area contributed by atoms with E-state index >= 15 is 0 Å². The van der Waals surface area contributed by atoms with E-state index in [0.717, 1.165) is 10.5 Å². The molecule has 1 aliphatic heterocycles. The van der Waals surface area contributed by atoms with Gasteiger partial charge in [-0.3, -0.25) is 19.3 Å². The average molecular weight is 363 g/mol. The number of rotatable bonds is 4. The molecule has 0 spiro atoms. The molecule has 122 valence electrons. The van der Waals surface area contributed by atoms with E-state index in [9.17, 15) is 14.4 Å². The van der Waals surface area contributed by atoms with Gasteiger partial charge in [-0.15, -0.1) is 0 Å². The Morgan fingerprint density at radius 1 is 0.958 bits per heavy atom. The van der Waals surface area contributed by atoms with Gasteiger partial charge in [-0.05, 0) is 17.7 Å². The summed E-state index contributed by atoms with van der Waals surface area (Å²) in [6.07, 6.45) is 0. The number of amides is 3. The summed E-state index contributed by atoms with van der Waals surface area (Å²) in [6.45, 7) is -0.0328. The van der Waals surface area contributed by atoms with Crippen LogP contribution < -0.4 is 5.32 Å². The highest BCUT2D eigenvalue weighted by Crippen LogP contribution is 2.31. The number of carbonyl (C=O) groups is 3. The third kappa shape index (κ3) is 3.13. The molecule has 7 heteroatoms. The molecule has 0 atom stereocenters. The second kappa shape index (κ2) is 6.63. The van der Waals surface area contributed by atoms with Gasteiger partial charge in [0, 0.05) is 6.54 Å². The Balaban J connectivity index is 1.69. The first-order valence-electron chi connectivity index (χ1n) is 7.13. The molecule has 0 saturated carbocycles. The monoisotopic (exact) mass is 362 g/mol. The van der Waals surface area contributed by atoms with Crippen LogP contribution >= 0.6 is 23.2 Å². The molecule has 0 fully saturated rings. The second-order valence-corrected chi connectivity index (χ2v) is 6.09. The van der Waals surface area contributed by atoms with Crippen molar-refractivity contribution in [3.05, 3.63) is 69.2 Å². The number of halogens is 2. The fourth-order valence-corrected chi connectivity index (χ4v) is 2.75. The third-order valence-corrected chi connectivity index (χ3v) is 4.37. The Kier molecular flexibility index (Phi) is 4.55. The van der Waals surface area contributed by atoms with E-state index in [1.54, 1.807) is 0 Å². The first kappa shape index (κ1) is 16.5. The summed E-state index contributed by atoms with van der Waals surface area (Å²) < 4.78 is 0. The molecule has 3 rings (SSSR count). The lowest BCUT2D eigenvalue weighted by molar-refractivity contribution is -0.121. The summed E-state index contributed by atoms with van der Waals surface area (Å²) in [5, 5.41) is 3.05. The van der Waals surface area contributed by atoms with Crippen molar-refractivity contribution < 1.29 is 14.4 Å². The van der Waals surface area contributed by atoms with Crippen LogP contribution in [-0.2, 0) is 11.3 Å². The SMILES string of the molecule is O=C(CN1C(=O)c2cc(Cl)c(Cl)cc2C1=O)NCc1ccccc1. The van der Waals surface area contributed by atoms with Crippen LogP contribution in [0.25, 0.3) is 0 Å². The lowest BCUT2D eigenvalue weighted by atomic mass is 10.1. The molecule has 0 saturated heterocycles. The molecule has 1 aliphatic rings. The lowest BCUT2D eigenvalue weighted by Gasteiger charge is -2.13. The molecule has 0 aromatic heterocycles. The maximum Gasteiger partial charge on any atom is 0.262 e. The average Bonchev–Trinajstić information content (AvgIpc) is 2.79. The maximum absolute atomic E-state index is 12.3. The van der Waals surface area contributed by atoms with E-state index in [1.165, 1.54) is 12.1 Å². The molecule has 0 radical (unpaired) electrons. The first-order chi connectivity index (χ1) is 11.5. The van der Waals surface area contributed by atoms with Crippen molar-refractivity contribution in [2.45, 2.75) is 6.54 Å². The number of hydrogen-bond donors (Lipinski definition) is 1. The molecule has 0 aliphatic carbocycles. The predicted molar refractivity (Wildman–Crippen MR) is 90.1 cm³/mol. The van der Waals surface area contributed by atoms with E-state index in [0.29, 0.717) is 6.54 Å². The van der Waals surface area contributed by atoms with E-state index in [2.05, 4.69) is 5.32 Å². The summed E-state index contributed by atoms with van der Waals surface area (Å²) in [6, 6.07) is 12.0. The van der Waals surface area contributed by atoms with Gasteiger partial charge in [0.1, 0.15) is 6.54 Å². The minimum atomic E-state index is -0.552. The van der Waals surface area contributed by atoms with Gasteiger partial charge >= 0.3 is 0 Å². The number of benzene rings is 2. The van der Waals surface area contributed by atoms with Crippen LogP contribution in [0.1, 0.15) is 26.3 Å². The summed E-state index contributed by atoms with van der Waals surface area (Å²) in [5.41, 5.74) is 1.24. The quantitative estimate of drug-likeness (QED) is 0.850. The van der Waals surface area contributed by atoms with Gasteiger partial charge in [0.25, 0.3) is 11.8 Å². The highest BCUT2D eigenvalue weighted by molar-refractivity contribution is 6.43. The van der Waals surface area contributed by atoms with Crippen molar-refractivity contribution in [3.8, 4) is 0 Å². The van der Waals surface area contributed by atoms with E-state index < -0.39 is 17.7 Å². The van der Waals surface area contributed by atoms with Gasteiger partial charge in [0.15, 0.2) is 0 Å². The van der Waals surface area contributed by atoms with E-state index in [4.69, 9.17) is 23.2 Å². The van der Waals surface area contributed by atoms with Crippen molar-refractivity contribution in [2.24, 2.45) is 0 Å². The predicted octanol–water partition coefficient (Wildman–Crippen LogP) is 2.91. The zero-order valence-electron chi connectivity index (χ0n) is 12.4. The number of carbonyl (C=O) groups excluding carboxylic acids is 3. The Morgan fingerprint density at radius 3 is 2.04 bits per heavy atom. The minimum Gasteiger partial charge on any atom is -0.350 e. The maximum atomic E-state index is 12.3. The van der Waals surface area contributed by atoms with Gasteiger partial charge in [-0.2, -0.15) is 0 Å². The zero-order chi connectivity index (χ0) is 17.3. The molecule has 3 amide bonds. The molecule has 0 unspecified atom stereocenters. The Morgan fingerprint density at radius 2 is 1.50 bits per heavy atom. The molecule has 2 aromatic carbocycles. The van der Waals surface area contributed by atoms with Gasteiger partial charge in [0.2, 0.25) is 5.91 Å². The van der Waals surface area contributed by atoms with Crippen LogP contribution in [0.2, 0.25) is 10.0 Å².